The fourth-order valence-corrected chi connectivity index (χ4v) is 2.98. The molecule has 2 rings (SSSR count). The van der Waals surface area contributed by atoms with Gasteiger partial charge in [0.15, 0.2) is 0 Å². The van der Waals surface area contributed by atoms with Crippen molar-refractivity contribution in [3.05, 3.63) is 63.4 Å². The molecule has 2 nitrogen and oxygen atoms in total. The number of rotatable bonds is 5. The summed E-state index contributed by atoms with van der Waals surface area (Å²) in [6, 6.07) is 11.2. The SMILES string of the molecule is CNC(Cc1cc(F)cc(Br)c1)c1ccc(OC)c(C)c1. The molecule has 2 aromatic carbocycles. The van der Waals surface area contributed by atoms with Gasteiger partial charge in [-0.1, -0.05) is 28.1 Å². The Labute approximate surface area is 133 Å². The summed E-state index contributed by atoms with van der Waals surface area (Å²) in [7, 11) is 3.58. The van der Waals surface area contributed by atoms with E-state index in [1.54, 1.807) is 13.2 Å². The predicted octanol–water partition coefficient (Wildman–Crippen LogP) is 4.41. The van der Waals surface area contributed by atoms with E-state index in [1.807, 2.05) is 32.2 Å². The Morgan fingerprint density at radius 3 is 2.57 bits per heavy atom. The Kier molecular flexibility index (Phi) is 5.37. The van der Waals surface area contributed by atoms with E-state index in [1.165, 1.54) is 6.07 Å². The number of methoxy groups -OCH3 is 1. The van der Waals surface area contributed by atoms with Crippen LogP contribution in [0.3, 0.4) is 0 Å². The summed E-state index contributed by atoms with van der Waals surface area (Å²) in [5, 5.41) is 3.29. The van der Waals surface area contributed by atoms with Gasteiger partial charge in [-0.05, 0) is 61.3 Å². The first kappa shape index (κ1) is 16.0. The molecular weight excluding hydrogens is 333 g/mol. The van der Waals surface area contributed by atoms with Gasteiger partial charge in [0.1, 0.15) is 11.6 Å². The lowest BCUT2D eigenvalue weighted by atomic mass is 9.97. The Morgan fingerprint density at radius 2 is 2.00 bits per heavy atom. The molecule has 2 aromatic rings. The van der Waals surface area contributed by atoms with Gasteiger partial charge in [0.25, 0.3) is 0 Å². The van der Waals surface area contributed by atoms with Crippen molar-refractivity contribution in [1.29, 1.82) is 0 Å². The van der Waals surface area contributed by atoms with Crippen molar-refractivity contribution < 1.29 is 9.13 Å². The van der Waals surface area contributed by atoms with Gasteiger partial charge in [0.2, 0.25) is 0 Å². The molecule has 0 heterocycles. The van der Waals surface area contributed by atoms with E-state index in [9.17, 15) is 4.39 Å². The molecule has 21 heavy (non-hydrogen) atoms. The topological polar surface area (TPSA) is 21.3 Å². The first-order valence-corrected chi connectivity index (χ1v) is 7.59. The van der Waals surface area contributed by atoms with Crippen LogP contribution in [0.15, 0.2) is 40.9 Å². The average molecular weight is 352 g/mol. The van der Waals surface area contributed by atoms with E-state index in [0.29, 0.717) is 0 Å². The van der Waals surface area contributed by atoms with Crippen LogP contribution < -0.4 is 10.1 Å². The highest BCUT2D eigenvalue weighted by Crippen LogP contribution is 2.26. The maximum absolute atomic E-state index is 13.5. The van der Waals surface area contributed by atoms with Gasteiger partial charge in [-0.2, -0.15) is 0 Å². The zero-order valence-electron chi connectivity index (χ0n) is 12.4. The highest BCUT2D eigenvalue weighted by Gasteiger charge is 2.12. The van der Waals surface area contributed by atoms with E-state index < -0.39 is 0 Å². The number of likely N-dealkylation sites (N-methyl/N-ethyl adjacent to an activating group) is 1. The van der Waals surface area contributed by atoms with E-state index in [-0.39, 0.29) is 11.9 Å². The monoisotopic (exact) mass is 351 g/mol. The fourth-order valence-electron chi connectivity index (χ4n) is 2.47. The Balaban J connectivity index is 2.25. The largest absolute Gasteiger partial charge is 0.496 e. The summed E-state index contributed by atoms with van der Waals surface area (Å²) < 4.78 is 19.5. The summed E-state index contributed by atoms with van der Waals surface area (Å²) in [6.45, 7) is 2.02. The number of hydrogen-bond donors (Lipinski definition) is 1. The third kappa shape index (κ3) is 4.05. The summed E-state index contributed by atoms with van der Waals surface area (Å²) >= 11 is 3.33. The van der Waals surface area contributed by atoms with Gasteiger partial charge in [-0.25, -0.2) is 4.39 Å². The molecule has 0 amide bonds. The quantitative estimate of drug-likeness (QED) is 0.861. The lowest BCUT2D eigenvalue weighted by Gasteiger charge is -2.18. The second kappa shape index (κ2) is 7.05. The Bertz CT molecular complexity index is 610. The lowest BCUT2D eigenvalue weighted by Crippen LogP contribution is -2.19. The minimum atomic E-state index is -0.222. The van der Waals surface area contributed by atoms with Gasteiger partial charge in [-0.3, -0.25) is 0 Å². The van der Waals surface area contributed by atoms with Crippen molar-refractivity contribution in [3.63, 3.8) is 0 Å². The second-order valence-corrected chi connectivity index (χ2v) is 5.97. The van der Waals surface area contributed by atoms with Crippen LogP contribution in [-0.4, -0.2) is 14.2 Å². The zero-order chi connectivity index (χ0) is 15.4. The van der Waals surface area contributed by atoms with Gasteiger partial charge in [-0.15, -0.1) is 0 Å². The van der Waals surface area contributed by atoms with E-state index >= 15 is 0 Å². The number of ether oxygens (including phenoxy) is 1. The van der Waals surface area contributed by atoms with E-state index in [4.69, 9.17) is 4.74 Å². The minimum Gasteiger partial charge on any atom is -0.496 e. The standard InChI is InChI=1S/C17H19BrFNO/c1-11-6-13(4-5-17(11)21-3)16(20-2)9-12-7-14(18)10-15(19)8-12/h4-8,10,16,20H,9H2,1-3H3. The number of aryl methyl sites for hydroxylation is 1. The van der Waals surface area contributed by atoms with Crippen LogP contribution in [-0.2, 0) is 6.42 Å². The zero-order valence-corrected chi connectivity index (χ0v) is 14.0. The fraction of sp³-hybridized carbons (Fsp3) is 0.294. The molecule has 0 radical (unpaired) electrons. The molecule has 0 saturated carbocycles. The molecule has 0 saturated heterocycles. The number of benzene rings is 2. The second-order valence-electron chi connectivity index (χ2n) is 5.05. The molecule has 0 aliphatic heterocycles. The first-order chi connectivity index (χ1) is 10.0. The molecule has 4 heteroatoms. The molecule has 0 spiro atoms. The van der Waals surface area contributed by atoms with Crippen molar-refractivity contribution in [3.8, 4) is 5.75 Å². The van der Waals surface area contributed by atoms with Crippen molar-refractivity contribution in [2.24, 2.45) is 0 Å². The summed E-state index contributed by atoms with van der Waals surface area (Å²) in [5.74, 6) is 0.655. The molecule has 0 aliphatic carbocycles. The van der Waals surface area contributed by atoms with Crippen LogP contribution >= 0.6 is 15.9 Å². The molecule has 0 aliphatic rings. The summed E-state index contributed by atoms with van der Waals surface area (Å²) in [4.78, 5) is 0. The maximum Gasteiger partial charge on any atom is 0.124 e. The average Bonchev–Trinajstić information content (AvgIpc) is 2.43. The molecule has 1 unspecified atom stereocenters. The molecule has 1 N–H and O–H groups in total. The molecule has 0 bridgehead atoms. The van der Waals surface area contributed by atoms with E-state index in [0.717, 1.165) is 33.3 Å². The van der Waals surface area contributed by atoms with Crippen LogP contribution in [0.25, 0.3) is 0 Å². The van der Waals surface area contributed by atoms with Crippen LogP contribution in [0.1, 0.15) is 22.7 Å². The van der Waals surface area contributed by atoms with Crippen molar-refractivity contribution in [2.75, 3.05) is 14.2 Å². The molecule has 0 aromatic heterocycles. The van der Waals surface area contributed by atoms with E-state index in [2.05, 4.69) is 27.3 Å². The van der Waals surface area contributed by atoms with Crippen LogP contribution in [0.4, 0.5) is 4.39 Å². The van der Waals surface area contributed by atoms with Crippen molar-refractivity contribution in [2.45, 2.75) is 19.4 Å². The van der Waals surface area contributed by atoms with Gasteiger partial charge in [0.05, 0.1) is 7.11 Å². The minimum absolute atomic E-state index is 0.128. The molecule has 0 fully saturated rings. The number of nitrogens with one attached hydrogen (secondary N) is 1. The molecule has 112 valence electrons. The van der Waals surface area contributed by atoms with Crippen LogP contribution in [0.2, 0.25) is 0 Å². The molecule has 1 atom stereocenters. The highest BCUT2D eigenvalue weighted by molar-refractivity contribution is 9.10. The van der Waals surface area contributed by atoms with Gasteiger partial charge >= 0.3 is 0 Å². The number of hydrogen-bond acceptors (Lipinski definition) is 2. The first-order valence-electron chi connectivity index (χ1n) is 6.80. The normalized spacial score (nSPS) is 12.2. The Hall–Kier alpha value is -1.39. The number of halogens is 2. The summed E-state index contributed by atoms with van der Waals surface area (Å²) in [6.07, 6.45) is 0.721. The van der Waals surface area contributed by atoms with Crippen LogP contribution in [0.5, 0.6) is 5.75 Å². The third-order valence-corrected chi connectivity index (χ3v) is 3.99. The predicted molar refractivity (Wildman–Crippen MR) is 87.3 cm³/mol. The van der Waals surface area contributed by atoms with Crippen LogP contribution in [0, 0.1) is 12.7 Å². The smallest absolute Gasteiger partial charge is 0.124 e. The van der Waals surface area contributed by atoms with Crippen molar-refractivity contribution >= 4 is 15.9 Å². The lowest BCUT2D eigenvalue weighted by molar-refractivity contribution is 0.411. The van der Waals surface area contributed by atoms with Crippen molar-refractivity contribution in [1.82, 2.24) is 5.32 Å². The molecular formula is C17H19BrFNO. The highest BCUT2D eigenvalue weighted by atomic mass is 79.9. The van der Waals surface area contributed by atoms with Gasteiger partial charge < -0.3 is 10.1 Å². The van der Waals surface area contributed by atoms with Gasteiger partial charge in [0, 0.05) is 10.5 Å². The Morgan fingerprint density at radius 1 is 1.24 bits per heavy atom. The summed E-state index contributed by atoms with van der Waals surface area (Å²) in [5.41, 5.74) is 3.21. The third-order valence-electron chi connectivity index (χ3n) is 3.53. The maximum atomic E-state index is 13.5.